The number of hydrogen-bond acceptors (Lipinski definition) is 4. The van der Waals surface area contributed by atoms with Crippen molar-refractivity contribution in [1.29, 1.82) is 0 Å². The van der Waals surface area contributed by atoms with Crippen molar-refractivity contribution in [2.24, 2.45) is 0 Å². The molecule has 0 fully saturated rings. The van der Waals surface area contributed by atoms with Gasteiger partial charge < -0.3 is 0 Å². The minimum atomic E-state index is -4.37. The molecule has 10 heavy (non-hydrogen) atoms. The highest BCUT2D eigenvalue weighted by Crippen LogP contribution is 1.99. The van der Waals surface area contributed by atoms with Crippen LogP contribution in [0.4, 0.5) is 0 Å². The second-order valence-corrected chi connectivity index (χ2v) is 3.72. The van der Waals surface area contributed by atoms with Crippen LogP contribution in [0.25, 0.3) is 0 Å². The average molecular weight is 190 g/mol. The molecule has 0 amide bonds. The van der Waals surface area contributed by atoms with Crippen LogP contribution >= 0.6 is 0 Å². The van der Waals surface area contributed by atoms with Crippen LogP contribution in [-0.2, 0) is 25.7 Å². The fourth-order valence-corrected chi connectivity index (χ4v) is 0.996. The second kappa shape index (κ2) is 3.39. The monoisotopic (exact) mass is 190 g/mol. The fraction of sp³-hybridized carbons (Fsp3) is 1.00. The summed E-state index contributed by atoms with van der Waals surface area (Å²) >= 11 is -2.68. The molecule has 2 N–H and O–H groups in total. The summed E-state index contributed by atoms with van der Waals surface area (Å²) in [6.45, 7) is 0.934. The van der Waals surface area contributed by atoms with Gasteiger partial charge in [-0.05, 0) is 6.92 Å². The highest BCUT2D eigenvalue weighted by atomic mass is 32.2. The van der Waals surface area contributed by atoms with Gasteiger partial charge in [0.15, 0.2) is 5.44 Å². The lowest BCUT2D eigenvalue weighted by molar-refractivity contribution is 0.270. The lowest BCUT2D eigenvalue weighted by Crippen LogP contribution is -2.20. The summed E-state index contributed by atoms with van der Waals surface area (Å²) in [6.07, 6.45) is 0. The van der Waals surface area contributed by atoms with Gasteiger partial charge in [-0.25, -0.2) is 4.18 Å². The molecule has 0 aliphatic carbocycles. The Morgan fingerprint density at radius 3 is 2.10 bits per heavy atom. The van der Waals surface area contributed by atoms with Gasteiger partial charge in [-0.15, -0.1) is 0 Å². The summed E-state index contributed by atoms with van der Waals surface area (Å²) in [5, 5.41) is 0. The van der Waals surface area contributed by atoms with Crippen molar-refractivity contribution in [3.63, 3.8) is 0 Å². The van der Waals surface area contributed by atoms with E-state index in [-0.39, 0.29) is 0 Å². The van der Waals surface area contributed by atoms with Gasteiger partial charge in [0.25, 0.3) is 10.1 Å². The summed E-state index contributed by atoms with van der Waals surface area (Å²) < 4.78 is 49.8. The molecule has 0 aliphatic rings. The van der Waals surface area contributed by atoms with Crippen LogP contribution in [0.1, 0.15) is 6.92 Å². The molecule has 0 bridgehead atoms. The lowest BCUT2D eigenvalue weighted by atomic mass is 10.9. The molecule has 0 aliphatic heterocycles. The molecule has 0 radical (unpaired) electrons. The largest absolute Gasteiger partial charge is 0.303 e. The Morgan fingerprint density at radius 2 is 2.00 bits per heavy atom. The third kappa shape index (κ3) is 3.90. The SMILES string of the molecule is CC(OS(=O)O)S(=O)(=O)O. The van der Waals surface area contributed by atoms with Gasteiger partial charge in [0.05, 0.1) is 0 Å². The first-order valence-electron chi connectivity index (χ1n) is 2.08. The summed E-state index contributed by atoms with van der Waals surface area (Å²) in [6, 6.07) is 0. The van der Waals surface area contributed by atoms with Crippen molar-refractivity contribution in [3.05, 3.63) is 0 Å². The van der Waals surface area contributed by atoms with Crippen LogP contribution in [0, 0.1) is 0 Å². The molecule has 0 heterocycles. The van der Waals surface area contributed by atoms with Gasteiger partial charge in [-0.1, -0.05) is 0 Å². The first-order chi connectivity index (χ1) is 4.34. The Hall–Kier alpha value is -0.0200. The van der Waals surface area contributed by atoms with Crippen LogP contribution in [0.2, 0.25) is 0 Å². The molecular formula is C2H6O6S2. The van der Waals surface area contributed by atoms with Gasteiger partial charge in [-0.2, -0.15) is 12.6 Å². The van der Waals surface area contributed by atoms with Crippen LogP contribution < -0.4 is 0 Å². The minimum Gasteiger partial charge on any atom is -0.284 e. The van der Waals surface area contributed by atoms with Gasteiger partial charge in [0, 0.05) is 0 Å². The van der Waals surface area contributed by atoms with Crippen molar-refractivity contribution in [3.8, 4) is 0 Å². The van der Waals surface area contributed by atoms with Crippen molar-refractivity contribution in [2.75, 3.05) is 0 Å². The molecule has 0 saturated carbocycles. The van der Waals surface area contributed by atoms with Crippen LogP contribution in [-0.4, -0.2) is 27.2 Å². The molecule has 0 saturated heterocycles. The van der Waals surface area contributed by atoms with E-state index in [0.717, 1.165) is 6.92 Å². The Morgan fingerprint density at radius 1 is 1.60 bits per heavy atom. The van der Waals surface area contributed by atoms with E-state index in [1.165, 1.54) is 0 Å². The molecule has 0 rings (SSSR count). The normalized spacial score (nSPS) is 18.3. The Labute approximate surface area is 60.4 Å². The van der Waals surface area contributed by atoms with E-state index >= 15 is 0 Å². The maximum absolute atomic E-state index is 10.1. The predicted octanol–water partition coefficient (Wildman–Crippen LogP) is -0.626. The quantitative estimate of drug-likeness (QED) is 0.454. The first-order valence-corrected chi connectivity index (χ1v) is 4.62. The molecule has 62 valence electrons. The van der Waals surface area contributed by atoms with Crippen molar-refractivity contribution >= 4 is 21.5 Å². The molecular weight excluding hydrogens is 184 g/mol. The van der Waals surface area contributed by atoms with Crippen molar-refractivity contribution in [2.45, 2.75) is 12.4 Å². The molecule has 0 aromatic carbocycles. The second-order valence-electron chi connectivity index (χ2n) is 1.40. The standard InChI is InChI=1S/C2H6O6S2/c1-2(8-9(3)4)10(5,6)7/h2H,1H3,(H,3,4)(H,5,6,7). The third-order valence-electron chi connectivity index (χ3n) is 0.637. The number of rotatable bonds is 3. The maximum atomic E-state index is 10.1. The topological polar surface area (TPSA) is 101 Å². The molecule has 0 aromatic heterocycles. The predicted molar refractivity (Wildman–Crippen MR) is 32.9 cm³/mol. The van der Waals surface area contributed by atoms with Crippen LogP contribution in [0.5, 0.6) is 0 Å². The molecule has 2 atom stereocenters. The average Bonchev–Trinajstić information content (AvgIpc) is 1.60. The zero-order valence-electron chi connectivity index (χ0n) is 4.92. The highest BCUT2D eigenvalue weighted by Gasteiger charge is 2.19. The summed E-state index contributed by atoms with van der Waals surface area (Å²) in [4.78, 5) is 0. The van der Waals surface area contributed by atoms with Crippen molar-refractivity contribution in [1.82, 2.24) is 0 Å². The van der Waals surface area contributed by atoms with Crippen LogP contribution in [0.3, 0.4) is 0 Å². The van der Waals surface area contributed by atoms with Gasteiger partial charge in [0.1, 0.15) is 0 Å². The summed E-state index contributed by atoms with van der Waals surface area (Å²) in [5.41, 5.74) is -1.68. The molecule has 0 aromatic rings. The molecule has 8 heteroatoms. The maximum Gasteiger partial charge on any atom is 0.303 e. The lowest BCUT2D eigenvalue weighted by Gasteiger charge is -2.03. The highest BCUT2D eigenvalue weighted by molar-refractivity contribution is 7.86. The van der Waals surface area contributed by atoms with E-state index in [2.05, 4.69) is 4.18 Å². The molecule has 0 spiro atoms. The third-order valence-corrected chi connectivity index (χ3v) is 2.15. The van der Waals surface area contributed by atoms with E-state index in [1.54, 1.807) is 0 Å². The summed E-state index contributed by atoms with van der Waals surface area (Å²) in [5.74, 6) is 0. The van der Waals surface area contributed by atoms with Gasteiger partial charge >= 0.3 is 11.4 Å². The van der Waals surface area contributed by atoms with Crippen LogP contribution in [0.15, 0.2) is 0 Å². The Balaban J connectivity index is 4.12. The van der Waals surface area contributed by atoms with Gasteiger partial charge in [-0.3, -0.25) is 9.11 Å². The van der Waals surface area contributed by atoms with E-state index in [0.29, 0.717) is 0 Å². The zero-order chi connectivity index (χ0) is 8.36. The first kappa shape index (κ1) is 9.98. The summed E-state index contributed by atoms with van der Waals surface area (Å²) in [7, 11) is -4.37. The Kier molecular flexibility index (Phi) is 3.39. The van der Waals surface area contributed by atoms with Crippen molar-refractivity contribution < 1.29 is 25.9 Å². The van der Waals surface area contributed by atoms with E-state index in [4.69, 9.17) is 9.11 Å². The van der Waals surface area contributed by atoms with E-state index in [9.17, 15) is 12.6 Å². The van der Waals surface area contributed by atoms with E-state index in [1.807, 2.05) is 0 Å². The van der Waals surface area contributed by atoms with E-state index < -0.39 is 26.9 Å². The molecule has 6 nitrogen and oxygen atoms in total. The minimum absolute atomic E-state index is 0.934. The Bertz CT molecular complexity index is 216. The molecule has 2 unspecified atom stereocenters. The zero-order valence-corrected chi connectivity index (χ0v) is 6.55. The fourth-order valence-electron chi connectivity index (χ4n) is 0.166. The van der Waals surface area contributed by atoms with Gasteiger partial charge in [0.2, 0.25) is 0 Å². The smallest absolute Gasteiger partial charge is 0.284 e. The number of hydrogen-bond donors (Lipinski definition) is 2.